The predicted molar refractivity (Wildman–Crippen MR) is 136 cm³/mol. The third-order valence-corrected chi connectivity index (χ3v) is 6.98. The van der Waals surface area contributed by atoms with E-state index in [0.29, 0.717) is 11.2 Å². The number of fused-ring (bicyclic) bond motifs is 1. The second-order valence-corrected chi connectivity index (χ2v) is 9.31. The Morgan fingerprint density at radius 3 is 2.12 bits per heavy atom. The molecule has 2 aromatic heterocycles. The minimum atomic E-state index is -0.154. The Bertz CT molecular complexity index is 1450. The van der Waals surface area contributed by atoms with E-state index in [4.69, 9.17) is 9.72 Å². The van der Waals surface area contributed by atoms with Gasteiger partial charge in [-0.3, -0.25) is 4.79 Å². The number of H-pyrrole nitrogens is 1. The summed E-state index contributed by atoms with van der Waals surface area (Å²) in [4.78, 5) is 23.4. The number of thiophene rings is 1. The first-order valence-electron chi connectivity index (χ1n) is 10.8. The van der Waals surface area contributed by atoms with Gasteiger partial charge in [0.15, 0.2) is 0 Å². The van der Waals surface area contributed by atoms with Crippen LogP contribution in [0.2, 0.25) is 0 Å². The number of hydrogen-bond acceptors (Lipinski definition) is 4. The van der Waals surface area contributed by atoms with Gasteiger partial charge in [0.2, 0.25) is 0 Å². The van der Waals surface area contributed by atoms with E-state index in [1.54, 1.807) is 18.4 Å². The molecular formula is C28H24N2O2S. The van der Waals surface area contributed by atoms with Gasteiger partial charge in [-0.1, -0.05) is 66.7 Å². The molecule has 0 saturated heterocycles. The van der Waals surface area contributed by atoms with Crippen molar-refractivity contribution in [3.8, 4) is 16.9 Å². The van der Waals surface area contributed by atoms with Crippen LogP contribution in [0.3, 0.4) is 0 Å². The van der Waals surface area contributed by atoms with Crippen LogP contribution in [-0.4, -0.2) is 17.1 Å². The molecule has 5 rings (SSSR count). The van der Waals surface area contributed by atoms with E-state index >= 15 is 0 Å². The third kappa shape index (κ3) is 3.85. The number of ether oxygens (including phenoxy) is 1. The Hall–Kier alpha value is -3.70. The molecule has 164 valence electrons. The van der Waals surface area contributed by atoms with E-state index < -0.39 is 0 Å². The van der Waals surface area contributed by atoms with Crippen LogP contribution in [-0.2, 0) is 0 Å². The van der Waals surface area contributed by atoms with Gasteiger partial charge < -0.3 is 9.72 Å². The summed E-state index contributed by atoms with van der Waals surface area (Å²) >= 11 is 1.56. The molecule has 0 amide bonds. The van der Waals surface area contributed by atoms with E-state index in [1.165, 1.54) is 0 Å². The maximum atomic E-state index is 13.5. The van der Waals surface area contributed by atoms with Crippen molar-refractivity contribution in [2.24, 2.45) is 0 Å². The largest absolute Gasteiger partial charge is 0.496 e. The molecule has 0 aliphatic rings. The minimum absolute atomic E-state index is 0.111. The summed E-state index contributed by atoms with van der Waals surface area (Å²) in [6.07, 6.45) is 0. The number of nitrogens with one attached hydrogen (secondary N) is 1. The van der Waals surface area contributed by atoms with Crippen LogP contribution < -0.4 is 10.3 Å². The first kappa shape index (κ1) is 21.2. The fourth-order valence-electron chi connectivity index (χ4n) is 4.45. The molecule has 0 unspecified atom stereocenters. The number of benzene rings is 3. The summed E-state index contributed by atoms with van der Waals surface area (Å²) < 4.78 is 5.41. The standard InChI is InChI=1S/C28H24N2O2S/c1-17-16-21(14-15-22(17)32-3)23-18(2)33-28-25(23)27(31)29-26(30-28)24(19-10-6-4-7-11-19)20-12-8-5-9-13-20/h4-16,24H,1-3H3,(H,29,30,31). The normalized spacial score (nSPS) is 11.3. The van der Waals surface area contributed by atoms with Gasteiger partial charge in [-0.05, 0) is 48.2 Å². The van der Waals surface area contributed by atoms with E-state index in [2.05, 4.69) is 35.3 Å². The highest BCUT2D eigenvalue weighted by Gasteiger charge is 2.23. The van der Waals surface area contributed by atoms with Crippen LogP contribution in [0.15, 0.2) is 83.7 Å². The predicted octanol–water partition coefficient (Wildman–Crippen LogP) is 6.46. The van der Waals surface area contributed by atoms with Crippen LogP contribution in [0.25, 0.3) is 21.3 Å². The first-order chi connectivity index (χ1) is 16.1. The summed E-state index contributed by atoms with van der Waals surface area (Å²) in [6.45, 7) is 4.06. The second-order valence-electron chi connectivity index (χ2n) is 8.10. The van der Waals surface area contributed by atoms with Gasteiger partial charge in [-0.25, -0.2) is 4.98 Å². The lowest BCUT2D eigenvalue weighted by atomic mass is 9.90. The molecule has 0 saturated carbocycles. The molecule has 2 heterocycles. The lowest BCUT2D eigenvalue weighted by Crippen LogP contribution is -2.16. The number of nitrogens with zero attached hydrogens (tertiary/aromatic N) is 1. The molecular weight excluding hydrogens is 428 g/mol. The quantitative estimate of drug-likeness (QED) is 0.333. The van der Waals surface area contributed by atoms with E-state index in [-0.39, 0.29) is 11.5 Å². The molecule has 0 fully saturated rings. The number of aryl methyl sites for hydroxylation is 2. The Morgan fingerprint density at radius 2 is 1.55 bits per heavy atom. The third-order valence-electron chi connectivity index (χ3n) is 5.98. The maximum Gasteiger partial charge on any atom is 0.260 e. The van der Waals surface area contributed by atoms with Crippen molar-refractivity contribution < 1.29 is 4.74 Å². The SMILES string of the molecule is COc1ccc(-c2c(C)sc3nc(C(c4ccccc4)c4ccccc4)[nH]c(=O)c23)cc1C. The average Bonchev–Trinajstić information content (AvgIpc) is 3.17. The molecule has 0 aliphatic carbocycles. The molecule has 0 spiro atoms. The van der Waals surface area contributed by atoms with Gasteiger partial charge in [-0.15, -0.1) is 11.3 Å². The Labute approximate surface area is 196 Å². The molecule has 33 heavy (non-hydrogen) atoms. The van der Waals surface area contributed by atoms with Gasteiger partial charge in [0.05, 0.1) is 18.4 Å². The lowest BCUT2D eigenvalue weighted by Gasteiger charge is -2.17. The highest BCUT2D eigenvalue weighted by molar-refractivity contribution is 7.19. The van der Waals surface area contributed by atoms with Crippen molar-refractivity contribution >= 4 is 21.6 Å². The van der Waals surface area contributed by atoms with Crippen LogP contribution in [0.4, 0.5) is 0 Å². The fourth-order valence-corrected chi connectivity index (χ4v) is 5.51. The Morgan fingerprint density at radius 1 is 0.909 bits per heavy atom. The van der Waals surface area contributed by atoms with Crippen molar-refractivity contribution in [2.45, 2.75) is 19.8 Å². The molecule has 0 atom stereocenters. The van der Waals surface area contributed by atoms with E-state index in [9.17, 15) is 4.79 Å². The number of aromatic nitrogens is 2. The van der Waals surface area contributed by atoms with Gasteiger partial charge in [0, 0.05) is 10.4 Å². The summed E-state index contributed by atoms with van der Waals surface area (Å²) in [7, 11) is 1.67. The van der Waals surface area contributed by atoms with Crippen molar-refractivity contribution in [3.63, 3.8) is 0 Å². The van der Waals surface area contributed by atoms with Crippen LogP contribution in [0.1, 0.15) is 33.3 Å². The molecule has 4 nitrogen and oxygen atoms in total. The monoisotopic (exact) mass is 452 g/mol. The van der Waals surface area contributed by atoms with Crippen molar-refractivity contribution in [1.82, 2.24) is 9.97 Å². The molecule has 0 radical (unpaired) electrons. The zero-order chi connectivity index (χ0) is 22.9. The zero-order valence-electron chi connectivity index (χ0n) is 18.8. The summed E-state index contributed by atoms with van der Waals surface area (Å²) in [6, 6.07) is 26.4. The van der Waals surface area contributed by atoms with Crippen molar-refractivity contribution in [2.75, 3.05) is 7.11 Å². The number of methoxy groups -OCH3 is 1. The van der Waals surface area contributed by atoms with Crippen molar-refractivity contribution in [1.29, 1.82) is 0 Å². The minimum Gasteiger partial charge on any atom is -0.496 e. The molecule has 3 aromatic carbocycles. The average molecular weight is 453 g/mol. The molecule has 5 heteroatoms. The molecule has 0 bridgehead atoms. The lowest BCUT2D eigenvalue weighted by molar-refractivity contribution is 0.412. The zero-order valence-corrected chi connectivity index (χ0v) is 19.6. The van der Waals surface area contributed by atoms with Gasteiger partial charge in [0.1, 0.15) is 16.4 Å². The smallest absolute Gasteiger partial charge is 0.260 e. The Kier molecular flexibility index (Phi) is 5.56. The van der Waals surface area contributed by atoms with E-state index in [1.807, 2.05) is 62.4 Å². The summed E-state index contributed by atoms with van der Waals surface area (Å²) in [5.74, 6) is 1.33. The highest BCUT2D eigenvalue weighted by Crippen LogP contribution is 2.38. The van der Waals surface area contributed by atoms with Gasteiger partial charge in [0.25, 0.3) is 5.56 Å². The molecule has 1 N–H and O–H groups in total. The molecule has 0 aliphatic heterocycles. The van der Waals surface area contributed by atoms with Crippen LogP contribution in [0.5, 0.6) is 5.75 Å². The van der Waals surface area contributed by atoms with Crippen molar-refractivity contribution in [3.05, 3.63) is 117 Å². The Balaban J connectivity index is 1.70. The maximum absolute atomic E-state index is 13.5. The number of aromatic amines is 1. The summed E-state index contributed by atoms with van der Waals surface area (Å²) in [5.41, 5.74) is 5.04. The summed E-state index contributed by atoms with van der Waals surface area (Å²) in [5, 5.41) is 0.644. The fraction of sp³-hybridized carbons (Fsp3) is 0.143. The van der Waals surface area contributed by atoms with Crippen LogP contribution in [0, 0.1) is 13.8 Å². The first-order valence-corrected chi connectivity index (χ1v) is 11.7. The second kappa shape index (κ2) is 8.68. The van der Waals surface area contributed by atoms with E-state index in [0.717, 1.165) is 43.3 Å². The number of rotatable bonds is 5. The topological polar surface area (TPSA) is 55.0 Å². The van der Waals surface area contributed by atoms with Crippen LogP contribution >= 0.6 is 11.3 Å². The highest BCUT2D eigenvalue weighted by atomic mass is 32.1. The molecule has 5 aromatic rings. The van der Waals surface area contributed by atoms with Gasteiger partial charge >= 0.3 is 0 Å². The number of hydrogen-bond donors (Lipinski definition) is 1. The van der Waals surface area contributed by atoms with Gasteiger partial charge in [-0.2, -0.15) is 0 Å².